The van der Waals surface area contributed by atoms with Crippen LogP contribution in [0.5, 0.6) is 0 Å². The Kier molecular flexibility index (Phi) is 3.85. The average Bonchev–Trinajstić information content (AvgIpc) is 3.19. The number of carbonyl (C=O) groups excluding carboxylic acids is 1. The Morgan fingerprint density at radius 3 is 2.61 bits per heavy atom. The minimum absolute atomic E-state index is 0.000391. The summed E-state index contributed by atoms with van der Waals surface area (Å²) in [5, 5.41) is 11.7. The third-order valence-corrected chi connectivity index (χ3v) is 3.92. The van der Waals surface area contributed by atoms with Crippen LogP contribution >= 0.6 is 0 Å². The van der Waals surface area contributed by atoms with Crippen molar-refractivity contribution in [3.8, 4) is 11.5 Å². The molecule has 1 amide bonds. The van der Waals surface area contributed by atoms with Crippen LogP contribution in [0.25, 0.3) is 11.5 Å². The molecular formula is C16H15FN2O4. The molecule has 0 bridgehead atoms. The Hall–Kier alpha value is -2.70. The molecule has 1 aliphatic carbocycles. The monoisotopic (exact) mass is 318 g/mol. The lowest BCUT2D eigenvalue weighted by atomic mass is 10.1. The molecule has 6 nitrogen and oxygen atoms in total. The first-order valence-electron chi connectivity index (χ1n) is 7.19. The van der Waals surface area contributed by atoms with Crippen molar-refractivity contribution in [1.82, 2.24) is 10.3 Å². The molecule has 0 aliphatic heterocycles. The molecule has 3 rings (SSSR count). The molecule has 1 heterocycles. The topological polar surface area (TPSA) is 92.4 Å². The van der Waals surface area contributed by atoms with Crippen molar-refractivity contribution < 1.29 is 23.5 Å². The second-order valence-electron chi connectivity index (χ2n) is 5.69. The van der Waals surface area contributed by atoms with Gasteiger partial charge in [0.05, 0.1) is 17.5 Å². The highest BCUT2D eigenvalue weighted by molar-refractivity contribution is 5.81. The standard InChI is InChI=1S/C16H15FN2O4/c17-11-3-1-10(2-4-11)14-19-12(8-23-14)7-13(20)18-9-16(5-6-16)15(21)22/h1-4,8H,5-7,9H2,(H,18,20)(H,21,22). The van der Waals surface area contributed by atoms with Gasteiger partial charge in [-0.05, 0) is 37.1 Å². The van der Waals surface area contributed by atoms with Gasteiger partial charge in [0.25, 0.3) is 0 Å². The van der Waals surface area contributed by atoms with Gasteiger partial charge in [0.15, 0.2) is 0 Å². The van der Waals surface area contributed by atoms with Crippen LogP contribution in [-0.4, -0.2) is 28.5 Å². The van der Waals surface area contributed by atoms with Gasteiger partial charge in [0, 0.05) is 12.1 Å². The molecule has 1 saturated carbocycles. The molecule has 1 aliphatic rings. The summed E-state index contributed by atoms with van der Waals surface area (Å²) in [4.78, 5) is 27.1. The van der Waals surface area contributed by atoms with E-state index in [9.17, 15) is 14.0 Å². The smallest absolute Gasteiger partial charge is 0.311 e. The van der Waals surface area contributed by atoms with Crippen LogP contribution in [0, 0.1) is 11.2 Å². The molecule has 1 aromatic heterocycles. The minimum atomic E-state index is -0.877. The van der Waals surface area contributed by atoms with Gasteiger partial charge >= 0.3 is 5.97 Å². The molecule has 0 atom stereocenters. The molecule has 2 aromatic rings. The maximum atomic E-state index is 12.9. The fraction of sp³-hybridized carbons (Fsp3) is 0.312. The molecule has 0 unspecified atom stereocenters. The van der Waals surface area contributed by atoms with Crippen molar-refractivity contribution in [3.05, 3.63) is 42.0 Å². The highest BCUT2D eigenvalue weighted by atomic mass is 19.1. The van der Waals surface area contributed by atoms with Gasteiger partial charge in [-0.1, -0.05) is 0 Å². The van der Waals surface area contributed by atoms with Crippen LogP contribution in [-0.2, 0) is 16.0 Å². The molecule has 0 radical (unpaired) electrons. The van der Waals surface area contributed by atoms with E-state index in [1.165, 1.54) is 30.5 Å². The van der Waals surface area contributed by atoms with Crippen molar-refractivity contribution in [1.29, 1.82) is 0 Å². The number of oxazole rings is 1. The van der Waals surface area contributed by atoms with Crippen LogP contribution in [0.3, 0.4) is 0 Å². The summed E-state index contributed by atoms with van der Waals surface area (Å²) in [6.07, 6.45) is 2.53. The summed E-state index contributed by atoms with van der Waals surface area (Å²) in [7, 11) is 0. The Morgan fingerprint density at radius 2 is 2.00 bits per heavy atom. The van der Waals surface area contributed by atoms with Gasteiger partial charge in [0.2, 0.25) is 11.8 Å². The number of nitrogens with one attached hydrogen (secondary N) is 1. The zero-order valence-corrected chi connectivity index (χ0v) is 12.2. The first kappa shape index (κ1) is 15.2. The number of benzene rings is 1. The Morgan fingerprint density at radius 1 is 1.30 bits per heavy atom. The van der Waals surface area contributed by atoms with Crippen LogP contribution in [0.4, 0.5) is 4.39 Å². The van der Waals surface area contributed by atoms with Gasteiger partial charge in [-0.25, -0.2) is 9.37 Å². The number of carboxylic acids is 1. The van der Waals surface area contributed by atoms with E-state index in [0.717, 1.165) is 0 Å². The number of nitrogens with zero attached hydrogens (tertiary/aromatic N) is 1. The van der Waals surface area contributed by atoms with Crippen molar-refractivity contribution >= 4 is 11.9 Å². The van der Waals surface area contributed by atoms with E-state index in [4.69, 9.17) is 9.52 Å². The van der Waals surface area contributed by atoms with Gasteiger partial charge < -0.3 is 14.8 Å². The fourth-order valence-corrected chi connectivity index (χ4v) is 2.23. The lowest BCUT2D eigenvalue weighted by Gasteiger charge is -2.10. The molecule has 23 heavy (non-hydrogen) atoms. The van der Waals surface area contributed by atoms with Crippen molar-refractivity contribution in [3.63, 3.8) is 0 Å². The highest BCUT2D eigenvalue weighted by Crippen LogP contribution is 2.45. The molecule has 0 spiro atoms. The van der Waals surface area contributed by atoms with Crippen LogP contribution in [0.15, 0.2) is 34.9 Å². The van der Waals surface area contributed by atoms with Crippen molar-refractivity contribution in [2.75, 3.05) is 6.54 Å². The Bertz CT molecular complexity index is 735. The molecule has 120 valence electrons. The Balaban J connectivity index is 1.57. The highest BCUT2D eigenvalue weighted by Gasteiger charge is 2.50. The van der Waals surface area contributed by atoms with Crippen LogP contribution in [0.2, 0.25) is 0 Å². The zero-order chi connectivity index (χ0) is 16.4. The average molecular weight is 318 g/mol. The number of hydrogen-bond donors (Lipinski definition) is 2. The van der Waals surface area contributed by atoms with E-state index in [0.29, 0.717) is 30.0 Å². The summed E-state index contributed by atoms with van der Waals surface area (Å²) < 4.78 is 18.2. The molecular weight excluding hydrogens is 303 g/mol. The summed E-state index contributed by atoms with van der Waals surface area (Å²) >= 11 is 0. The summed E-state index contributed by atoms with van der Waals surface area (Å²) in [5.41, 5.74) is 0.251. The number of hydrogen-bond acceptors (Lipinski definition) is 4. The van der Waals surface area contributed by atoms with Crippen molar-refractivity contribution in [2.24, 2.45) is 5.41 Å². The van der Waals surface area contributed by atoms with Crippen LogP contribution < -0.4 is 5.32 Å². The van der Waals surface area contributed by atoms with Crippen molar-refractivity contribution in [2.45, 2.75) is 19.3 Å². The van der Waals surface area contributed by atoms with E-state index in [-0.39, 0.29) is 24.7 Å². The predicted molar refractivity (Wildman–Crippen MR) is 77.9 cm³/mol. The first-order valence-corrected chi connectivity index (χ1v) is 7.19. The SMILES string of the molecule is O=C(Cc1coc(-c2ccc(F)cc2)n1)NCC1(C(=O)O)CC1. The quantitative estimate of drug-likeness (QED) is 0.850. The second kappa shape index (κ2) is 5.83. The van der Waals surface area contributed by atoms with Gasteiger partial charge in [-0.3, -0.25) is 9.59 Å². The molecule has 1 fully saturated rings. The van der Waals surface area contributed by atoms with E-state index in [2.05, 4.69) is 10.3 Å². The van der Waals surface area contributed by atoms with Crippen LogP contribution in [0.1, 0.15) is 18.5 Å². The number of carboxylic acid groups (broad SMARTS) is 1. The number of aliphatic carboxylic acids is 1. The maximum Gasteiger partial charge on any atom is 0.311 e. The molecule has 0 saturated heterocycles. The first-order chi connectivity index (χ1) is 11.0. The zero-order valence-electron chi connectivity index (χ0n) is 12.2. The lowest BCUT2D eigenvalue weighted by Crippen LogP contribution is -2.35. The third-order valence-electron chi connectivity index (χ3n) is 3.92. The normalized spacial score (nSPS) is 15.2. The molecule has 1 aromatic carbocycles. The van der Waals surface area contributed by atoms with Gasteiger partial charge in [0.1, 0.15) is 12.1 Å². The third kappa shape index (κ3) is 3.39. The summed E-state index contributed by atoms with van der Waals surface area (Å²) in [6, 6.07) is 5.67. The minimum Gasteiger partial charge on any atom is -0.481 e. The number of aromatic nitrogens is 1. The largest absolute Gasteiger partial charge is 0.481 e. The summed E-state index contributed by atoms with van der Waals surface area (Å²) in [6.45, 7) is 0.129. The molecule has 2 N–H and O–H groups in total. The second-order valence-corrected chi connectivity index (χ2v) is 5.69. The van der Waals surface area contributed by atoms with E-state index in [1.807, 2.05) is 0 Å². The number of amides is 1. The number of carbonyl (C=O) groups is 2. The van der Waals surface area contributed by atoms with E-state index >= 15 is 0 Å². The number of halogens is 1. The van der Waals surface area contributed by atoms with E-state index in [1.54, 1.807) is 0 Å². The predicted octanol–water partition coefficient (Wildman–Crippen LogP) is 2.00. The van der Waals surface area contributed by atoms with Gasteiger partial charge in [-0.2, -0.15) is 0 Å². The van der Waals surface area contributed by atoms with E-state index < -0.39 is 11.4 Å². The van der Waals surface area contributed by atoms with Gasteiger partial charge in [-0.15, -0.1) is 0 Å². The summed E-state index contributed by atoms with van der Waals surface area (Å²) in [5.74, 6) is -1.24. The number of rotatable bonds is 6. The fourth-order valence-electron chi connectivity index (χ4n) is 2.23. The maximum absolute atomic E-state index is 12.9. The molecule has 7 heteroatoms. The lowest BCUT2D eigenvalue weighted by molar-refractivity contribution is -0.143. The Labute approximate surface area is 131 Å².